The molecular weight excluding hydrogens is 252 g/mol. The average molecular weight is 268 g/mol. The topological polar surface area (TPSA) is 66.5 Å². The number of anilines is 1. The molecule has 5 nitrogen and oxygen atoms in total. The average Bonchev–Trinajstić information content (AvgIpc) is 2.73. The molecule has 0 aliphatic carbocycles. The largest absolute Gasteiger partial charge is 0.312 e. The normalized spacial score (nSPS) is 16.3. The number of hydrogen-bond acceptors (Lipinski definition) is 3. The van der Waals surface area contributed by atoms with Crippen molar-refractivity contribution in [3.63, 3.8) is 0 Å². The number of carbonyl (C=O) groups excluding carboxylic acids is 1. The van der Waals surface area contributed by atoms with E-state index in [1.807, 2.05) is 24.3 Å². The molecule has 1 saturated heterocycles. The highest BCUT2D eigenvalue weighted by Crippen LogP contribution is 2.21. The number of hydrogen-bond donors (Lipinski definition) is 1. The lowest BCUT2D eigenvalue weighted by Crippen LogP contribution is -2.24. The van der Waals surface area contributed by atoms with Crippen molar-refractivity contribution in [2.24, 2.45) is 0 Å². The van der Waals surface area contributed by atoms with E-state index >= 15 is 0 Å². The van der Waals surface area contributed by atoms with Gasteiger partial charge in [0.1, 0.15) is 0 Å². The summed E-state index contributed by atoms with van der Waals surface area (Å²) in [5.41, 5.74) is 1.75. The van der Waals surface area contributed by atoms with E-state index in [4.69, 9.17) is 0 Å². The van der Waals surface area contributed by atoms with Crippen LogP contribution in [0.5, 0.6) is 0 Å². The van der Waals surface area contributed by atoms with Crippen molar-refractivity contribution in [2.45, 2.75) is 19.4 Å². The van der Waals surface area contributed by atoms with E-state index in [9.17, 15) is 13.2 Å². The highest BCUT2D eigenvalue weighted by molar-refractivity contribution is 7.88. The molecule has 0 saturated carbocycles. The van der Waals surface area contributed by atoms with Gasteiger partial charge in [0.2, 0.25) is 15.9 Å². The fraction of sp³-hybridized carbons (Fsp3) is 0.417. The standard InChI is InChI=1S/C12H16N2O3S/c1-18(16,17)13-9-10-4-6-11(7-5-10)14-8-2-3-12(14)15/h4-7,13H,2-3,8-9H2,1H3. The van der Waals surface area contributed by atoms with Crippen molar-refractivity contribution in [1.29, 1.82) is 0 Å². The van der Waals surface area contributed by atoms with Gasteiger partial charge in [-0.15, -0.1) is 0 Å². The fourth-order valence-electron chi connectivity index (χ4n) is 1.93. The molecule has 0 radical (unpaired) electrons. The van der Waals surface area contributed by atoms with E-state index in [1.165, 1.54) is 0 Å². The van der Waals surface area contributed by atoms with Crippen LogP contribution in [0.1, 0.15) is 18.4 Å². The summed E-state index contributed by atoms with van der Waals surface area (Å²) >= 11 is 0. The molecule has 1 fully saturated rings. The second-order valence-corrected chi connectivity index (χ2v) is 6.24. The highest BCUT2D eigenvalue weighted by atomic mass is 32.2. The van der Waals surface area contributed by atoms with Gasteiger partial charge in [0.25, 0.3) is 0 Å². The minimum Gasteiger partial charge on any atom is -0.312 e. The highest BCUT2D eigenvalue weighted by Gasteiger charge is 2.21. The van der Waals surface area contributed by atoms with Crippen molar-refractivity contribution in [2.75, 3.05) is 17.7 Å². The summed E-state index contributed by atoms with van der Waals surface area (Å²) < 4.78 is 24.3. The predicted octanol–water partition coefficient (Wildman–Crippen LogP) is 0.863. The Morgan fingerprint density at radius 3 is 2.44 bits per heavy atom. The van der Waals surface area contributed by atoms with Crippen LogP contribution in [-0.4, -0.2) is 27.1 Å². The molecule has 0 atom stereocenters. The predicted molar refractivity (Wildman–Crippen MR) is 69.7 cm³/mol. The summed E-state index contributed by atoms with van der Waals surface area (Å²) in [5.74, 6) is 0.150. The van der Waals surface area contributed by atoms with E-state index in [1.54, 1.807) is 4.90 Å². The van der Waals surface area contributed by atoms with Gasteiger partial charge in [-0.2, -0.15) is 0 Å². The number of amides is 1. The van der Waals surface area contributed by atoms with Crippen molar-refractivity contribution in [3.05, 3.63) is 29.8 Å². The van der Waals surface area contributed by atoms with Gasteiger partial charge in [-0.1, -0.05) is 12.1 Å². The van der Waals surface area contributed by atoms with Crippen LogP contribution in [0.3, 0.4) is 0 Å². The zero-order valence-corrected chi connectivity index (χ0v) is 11.0. The zero-order chi connectivity index (χ0) is 13.2. The first kappa shape index (κ1) is 13.0. The van der Waals surface area contributed by atoms with Gasteiger partial charge in [0.15, 0.2) is 0 Å². The molecular formula is C12H16N2O3S. The maximum absolute atomic E-state index is 11.6. The Bertz CT molecular complexity index is 537. The lowest BCUT2D eigenvalue weighted by molar-refractivity contribution is -0.117. The first-order chi connectivity index (χ1) is 8.46. The Morgan fingerprint density at radius 2 is 1.94 bits per heavy atom. The molecule has 18 heavy (non-hydrogen) atoms. The molecule has 1 heterocycles. The van der Waals surface area contributed by atoms with Crippen LogP contribution in [0.15, 0.2) is 24.3 Å². The first-order valence-electron chi connectivity index (χ1n) is 5.80. The summed E-state index contributed by atoms with van der Waals surface area (Å²) in [6.07, 6.45) is 2.64. The van der Waals surface area contributed by atoms with E-state index in [-0.39, 0.29) is 12.5 Å². The molecule has 0 bridgehead atoms. The second-order valence-electron chi connectivity index (χ2n) is 4.41. The number of nitrogens with one attached hydrogen (secondary N) is 1. The third kappa shape index (κ3) is 3.30. The van der Waals surface area contributed by atoms with Gasteiger partial charge in [0.05, 0.1) is 6.26 Å². The first-order valence-corrected chi connectivity index (χ1v) is 7.69. The summed E-state index contributed by atoms with van der Waals surface area (Å²) in [6.45, 7) is 1.03. The van der Waals surface area contributed by atoms with E-state index in [2.05, 4.69) is 4.72 Å². The smallest absolute Gasteiger partial charge is 0.227 e. The lowest BCUT2D eigenvalue weighted by Gasteiger charge is -2.15. The van der Waals surface area contributed by atoms with E-state index < -0.39 is 10.0 Å². The summed E-state index contributed by atoms with van der Waals surface area (Å²) in [4.78, 5) is 13.3. The molecule has 0 spiro atoms. The molecule has 2 rings (SSSR count). The number of sulfonamides is 1. The Hall–Kier alpha value is -1.40. The summed E-state index contributed by atoms with van der Waals surface area (Å²) in [5, 5.41) is 0. The molecule has 0 aromatic heterocycles. The molecule has 1 aromatic rings. The molecule has 6 heteroatoms. The SMILES string of the molecule is CS(=O)(=O)NCc1ccc(N2CCCC2=O)cc1. The van der Waals surface area contributed by atoms with Gasteiger partial charge < -0.3 is 4.90 Å². The third-order valence-electron chi connectivity index (χ3n) is 2.86. The van der Waals surface area contributed by atoms with Gasteiger partial charge in [0, 0.05) is 25.2 Å². The molecule has 1 N–H and O–H groups in total. The second kappa shape index (κ2) is 5.07. The van der Waals surface area contributed by atoms with Crippen LogP contribution in [0, 0.1) is 0 Å². The Labute approximate surface area is 107 Å². The quantitative estimate of drug-likeness (QED) is 0.881. The Balaban J connectivity index is 2.03. The van der Waals surface area contributed by atoms with Crippen LogP contribution in [0.25, 0.3) is 0 Å². The molecule has 0 unspecified atom stereocenters. The summed E-state index contributed by atoms with van der Waals surface area (Å²) in [6, 6.07) is 7.36. The Morgan fingerprint density at radius 1 is 1.28 bits per heavy atom. The van der Waals surface area contributed by atoms with Crippen molar-refractivity contribution < 1.29 is 13.2 Å². The van der Waals surface area contributed by atoms with E-state index in [0.717, 1.165) is 30.5 Å². The van der Waals surface area contributed by atoms with Crippen molar-refractivity contribution in [3.8, 4) is 0 Å². The maximum Gasteiger partial charge on any atom is 0.227 e. The molecule has 98 valence electrons. The fourth-order valence-corrected chi connectivity index (χ4v) is 2.36. The maximum atomic E-state index is 11.6. The minimum atomic E-state index is -3.17. The monoisotopic (exact) mass is 268 g/mol. The lowest BCUT2D eigenvalue weighted by atomic mass is 10.2. The zero-order valence-electron chi connectivity index (χ0n) is 10.2. The van der Waals surface area contributed by atoms with Crippen LogP contribution in [0.2, 0.25) is 0 Å². The minimum absolute atomic E-state index is 0.150. The third-order valence-corrected chi connectivity index (χ3v) is 3.53. The molecule has 1 amide bonds. The molecule has 1 aromatic carbocycles. The number of benzene rings is 1. The van der Waals surface area contributed by atoms with Crippen LogP contribution < -0.4 is 9.62 Å². The van der Waals surface area contributed by atoms with Crippen molar-refractivity contribution >= 4 is 21.6 Å². The van der Waals surface area contributed by atoms with Gasteiger partial charge in [-0.3, -0.25) is 4.79 Å². The van der Waals surface area contributed by atoms with Crippen molar-refractivity contribution in [1.82, 2.24) is 4.72 Å². The molecule has 1 aliphatic rings. The Kier molecular flexibility index (Phi) is 3.68. The number of carbonyl (C=O) groups is 1. The van der Waals surface area contributed by atoms with Crippen LogP contribution >= 0.6 is 0 Å². The van der Waals surface area contributed by atoms with Gasteiger partial charge >= 0.3 is 0 Å². The number of nitrogens with zero attached hydrogens (tertiary/aromatic N) is 1. The molecule has 1 aliphatic heterocycles. The van der Waals surface area contributed by atoms with Crippen LogP contribution in [0.4, 0.5) is 5.69 Å². The van der Waals surface area contributed by atoms with Gasteiger partial charge in [-0.25, -0.2) is 13.1 Å². The number of rotatable bonds is 4. The van der Waals surface area contributed by atoms with Crippen LogP contribution in [-0.2, 0) is 21.4 Å². The summed E-state index contributed by atoms with van der Waals surface area (Å²) in [7, 11) is -3.17. The van der Waals surface area contributed by atoms with Gasteiger partial charge in [-0.05, 0) is 24.1 Å². The van der Waals surface area contributed by atoms with E-state index in [0.29, 0.717) is 6.42 Å².